The third kappa shape index (κ3) is 5.33. The fourth-order valence-corrected chi connectivity index (χ4v) is 2.65. The predicted molar refractivity (Wildman–Crippen MR) is 99.9 cm³/mol. The number of nitrogens with one attached hydrogen (secondary N) is 1. The molecule has 0 fully saturated rings. The van der Waals surface area contributed by atoms with Gasteiger partial charge >= 0.3 is 0 Å². The maximum absolute atomic E-state index is 6.37. The number of ether oxygens (including phenoxy) is 2. The summed E-state index contributed by atoms with van der Waals surface area (Å²) in [4.78, 5) is 0. The van der Waals surface area contributed by atoms with Gasteiger partial charge in [-0.25, -0.2) is 0 Å². The second-order valence-corrected chi connectivity index (χ2v) is 6.37. The van der Waals surface area contributed by atoms with Crippen LogP contribution in [0.25, 0.3) is 0 Å². The minimum atomic E-state index is 0.572. The first-order valence-electron chi connectivity index (χ1n) is 7.71. The molecule has 0 saturated carbocycles. The number of hydrogen-bond donors (Lipinski definition) is 1. The molecule has 0 amide bonds. The third-order valence-corrected chi connectivity index (χ3v) is 3.97. The van der Waals surface area contributed by atoms with Gasteiger partial charge in [-0.1, -0.05) is 34.5 Å². The van der Waals surface area contributed by atoms with Crippen LogP contribution in [0, 0.1) is 0 Å². The van der Waals surface area contributed by atoms with Crippen molar-refractivity contribution in [3.05, 3.63) is 51.5 Å². The molecule has 1 N–H and O–H groups in total. The van der Waals surface area contributed by atoms with Gasteiger partial charge in [-0.2, -0.15) is 0 Å². The molecule has 23 heavy (non-hydrogen) atoms. The van der Waals surface area contributed by atoms with E-state index in [1.807, 2.05) is 43.3 Å². The molecule has 0 radical (unpaired) electrons. The van der Waals surface area contributed by atoms with Crippen LogP contribution in [-0.4, -0.2) is 13.2 Å². The molecule has 0 unspecified atom stereocenters. The summed E-state index contributed by atoms with van der Waals surface area (Å²) >= 11 is 9.80. The van der Waals surface area contributed by atoms with Crippen LogP contribution in [0.5, 0.6) is 11.5 Å². The van der Waals surface area contributed by atoms with Gasteiger partial charge in [-0.15, -0.1) is 0 Å². The van der Waals surface area contributed by atoms with Crippen LogP contribution >= 0.6 is 27.5 Å². The molecular formula is C18H21BrClNO2. The van der Waals surface area contributed by atoms with Crippen molar-refractivity contribution in [2.24, 2.45) is 0 Å². The number of halogens is 2. The Bertz CT molecular complexity index is 632. The summed E-state index contributed by atoms with van der Waals surface area (Å²) in [6.07, 6.45) is 0.925. The Hall–Kier alpha value is -1.39. The van der Waals surface area contributed by atoms with E-state index >= 15 is 0 Å². The minimum absolute atomic E-state index is 0.572. The molecule has 0 aliphatic carbocycles. The molecule has 124 valence electrons. The predicted octanol–water partition coefficient (Wildman–Crippen LogP) is 5.90. The van der Waals surface area contributed by atoms with Crippen LogP contribution in [0.3, 0.4) is 0 Å². The molecule has 0 heterocycles. The highest BCUT2D eigenvalue weighted by Crippen LogP contribution is 2.37. The quantitative estimate of drug-likeness (QED) is 0.600. The summed E-state index contributed by atoms with van der Waals surface area (Å²) in [6.45, 7) is 5.86. The zero-order valence-electron chi connectivity index (χ0n) is 13.4. The summed E-state index contributed by atoms with van der Waals surface area (Å²) in [5, 5.41) is 3.95. The average Bonchev–Trinajstić information content (AvgIpc) is 2.54. The first kappa shape index (κ1) is 18.0. The van der Waals surface area contributed by atoms with E-state index in [9.17, 15) is 0 Å². The summed E-state index contributed by atoms with van der Waals surface area (Å²) in [5.74, 6) is 1.32. The molecule has 0 bridgehead atoms. The second kappa shape index (κ2) is 9.04. The van der Waals surface area contributed by atoms with Crippen LogP contribution in [0.1, 0.15) is 25.8 Å². The molecule has 0 aliphatic rings. The van der Waals surface area contributed by atoms with E-state index in [2.05, 4.69) is 28.2 Å². The van der Waals surface area contributed by atoms with E-state index in [0.717, 1.165) is 22.1 Å². The van der Waals surface area contributed by atoms with E-state index in [1.165, 1.54) is 0 Å². The van der Waals surface area contributed by atoms with Crippen LogP contribution in [0.4, 0.5) is 5.69 Å². The van der Waals surface area contributed by atoms with Crippen molar-refractivity contribution >= 4 is 33.2 Å². The van der Waals surface area contributed by atoms with E-state index in [-0.39, 0.29) is 0 Å². The SMILES string of the molecule is CCCOc1c(Cl)cc(CNc2ccc(Br)cc2)cc1OCC. The largest absolute Gasteiger partial charge is 0.490 e. The number of rotatable bonds is 8. The van der Waals surface area contributed by atoms with E-state index in [4.69, 9.17) is 21.1 Å². The molecule has 0 aliphatic heterocycles. The van der Waals surface area contributed by atoms with Crippen LogP contribution in [0.15, 0.2) is 40.9 Å². The Morgan fingerprint density at radius 1 is 1.09 bits per heavy atom. The Kier molecular flexibility index (Phi) is 7.06. The van der Waals surface area contributed by atoms with Crippen molar-refractivity contribution in [1.29, 1.82) is 0 Å². The summed E-state index contributed by atoms with van der Waals surface area (Å²) in [5.41, 5.74) is 2.10. The van der Waals surface area contributed by atoms with Gasteiger partial charge in [0, 0.05) is 16.7 Å². The van der Waals surface area contributed by atoms with Crippen LogP contribution in [0.2, 0.25) is 5.02 Å². The van der Waals surface area contributed by atoms with Gasteiger partial charge < -0.3 is 14.8 Å². The zero-order chi connectivity index (χ0) is 16.7. The smallest absolute Gasteiger partial charge is 0.179 e. The fraction of sp³-hybridized carbons (Fsp3) is 0.333. The molecule has 0 spiro atoms. The minimum Gasteiger partial charge on any atom is -0.490 e. The monoisotopic (exact) mass is 397 g/mol. The van der Waals surface area contributed by atoms with Crippen molar-refractivity contribution in [1.82, 2.24) is 0 Å². The highest BCUT2D eigenvalue weighted by Gasteiger charge is 2.12. The van der Waals surface area contributed by atoms with Crippen molar-refractivity contribution in [3.63, 3.8) is 0 Å². The summed E-state index contributed by atoms with van der Waals surface area (Å²) < 4.78 is 12.5. The molecule has 0 saturated heterocycles. The summed E-state index contributed by atoms with van der Waals surface area (Å²) in [6, 6.07) is 11.9. The fourth-order valence-electron chi connectivity index (χ4n) is 2.10. The Morgan fingerprint density at radius 2 is 1.83 bits per heavy atom. The first-order chi connectivity index (χ1) is 11.1. The van der Waals surface area contributed by atoms with Gasteiger partial charge in [0.25, 0.3) is 0 Å². The van der Waals surface area contributed by atoms with Crippen LogP contribution < -0.4 is 14.8 Å². The van der Waals surface area contributed by atoms with Crippen LogP contribution in [-0.2, 0) is 6.54 Å². The lowest BCUT2D eigenvalue weighted by molar-refractivity contribution is 0.277. The molecule has 0 aromatic heterocycles. The van der Waals surface area contributed by atoms with E-state index in [0.29, 0.717) is 36.3 Å². The Labute approximate surface area is 151 Å². The van der Waals surface area contributed by atoms with E-state index < -0.39 is 0 Å². The third-order valence-electron chi connectivity index (χ3n) is 3.16. The standard InChI is InChI=1S/C18H21BrClNO2/c1-3-9-23-18-16(20)10-13(11-17(18)22-4-2)12-21-15-7-5-14(19)6-8-15/h5-8,10-11,21H,3-4,9,12H2,1-2H3. The highest BCUT2D eigenvalue weighted by molar-refractivity contribution is 9.10. The zero-order valence-corrected chi connectivity index (χ0v) is 15.7. The van der Waals surface area contributed by atoms with Gasteiger partial charge in [0.05, 0.1) is 18.2 Å². The topological polar surface area (TPSA) is 30.5 Å². The lowest BCUT2D eigenvalue weighted by Crippen LogP contribution is -2.04. The van der Waals surface area contributed by atoms with Gasteiger partial charge in [0.1, 0.15) is 0 Å². The number of hydrogen-bond acceptors (Lipinski definition) is 3. The molecule has 5 heteroatoms. The maximum atomic E-state index is 6.37. The Balaban J connectivity index is 2.13. The van der Waals surface area contributed by atoms with E-state index in [1.54, 1.807) is 0 Å². The molecule has 2 aromatic carbocycles. The van der Waals surface area contributed by atoms with Gasteiger partial charge in [-0.05, 0) is 55.3 Å². The normalized spacial score (nSPS) is 10.4. The Morgan fingerprint density at radius 3 is 2.48 bits per heavy atom. The molecule has 3 nitrogen and oxygen atoms in total. The van der Waals surface area contributed by atoms with Crippen molar-refractivity contribution in [2.75, 3.05) is 18.5 Å². The van der Waals surface area contributed by atoms with Gasteiger partial charge in [-0.3, -0.25) is 0 Å². The lowest BCUT2D eigenvalue weighted by atomic mass is 10.2. The molecule has 2 aromatic rings. The van der Waals surface area contributed by atoms with Gasteiger partial charge in [0.15, 0.2) is 11.5 Å². The average molecular weight is 399 g/mol. The lowest BCUT2D eigenvalue weighted by Gasteiger charge is -2.15. The molecular weight excluding hydrogens is 378 g/mol. The first-order valence-corrected chi connectivity index (χ1v) is 8.88. The van der Waals surface area contributed by atoms with Gasteiger partial charge in [0.2, 0.25) is 0 Å². The molecule has 2 rings (SSSR count). The van der Waals surface area contributed by atoms with Crippen molar-refractivity contribution in [2.45, 2.75) is 26.8 Å². The second-order valence-electron chi connectivity index (χ2n) is 5.05. The number of benzene rings is 2. The maximum Gasteiger partial charge on any atom is 0.179 e. The van der Waals surface area contributed by atoms with Crippen molar-refractivity contribution in [3.8, 4) is 11.5 Å². The molecule has 0 atom stereocenters. The summed E-state index contributed by atoms with van der Waals surface area (Å²) in [7, 11) is 0. The highest BCUT2D eigenvalue weighted by atomic mass is 79.9. The number of anilines is 1. The van der Waals surface area contributed by atoms with Crippen molar-refractivity contribution < 1.29 is 9.47 Å².